The van der Waals surface area contributed by atoms with Crippen molar-refractivity contribution in [2.45, 2.75) is 6.92 Å². The van der Waals surface area contributed by atoms with Gasteiger partial charge in [0.05, 0.1) is 23.6 Å². The van der Waals surface area contributed by atoms with E-state index in [1.165, 1.54) is 19.3 Å². The van der Waals surface area contributed by atoms with E-state index in [9.17, 15) is 9.59 Å². The minimum Gasteiger partial charge on any atom is -0.338 e. The molecule has 0 saturated carbocycles. The normalized spacial score (nSPS) is 9.93. The summed E-state index contributed by atoms with van der Waals surface area (Å²) >= 11 is 0. The van der Waals surface area contributed by atoms with Crippen molar-refractivity contribution in [3.05, 3.63) is 77.7 Å². The maximum Gasteiger partial charge on any atom is 0.275 e. The molecule has 0 bridgehead atoms. The molecule has 7 heteroatoms. The van der Waals surface area contributed by atoms with Gasteiger partial charge in [-0.15, -0.1) is 0 Å². The van der Waals surface area contributed by atoms with Crippen LogP contribution in [0.5, 0.6) is 0 Å². The van der Waals surface area contributed by atoms with Crippen molar-refractivity contribution in [2.75, 3.05) is 10.6 Å². The van der Waals surface area contributed by atoms with Gasteiger partial charge in [-0.05, 0) is 43.3 Å². The first-order chi connectivity index (χ1) is 13.1. The second kappa shape index (κ2) is 7.89. The number of hydrogen-bond acceptors (Lipinski definition) is 6. The molecule has 0 atom stereocenters. The molecule has 1 aromatic heterocycles. The maximum atomic E-state index is 12.3. The van der Waals surface area contributed by atoms with Crippen LogP contribution in [0.4, 0.5) is 17.2 Å². The lowest BCUT2D eigenvalue weighted by molar-refractivity contribution is 0.101. The van der Waals surface area contributed by atoms with Crippen molar-refractivity contribution in [3.8, 4) is 6.07 Å². The number of carbonyl (C=O) groups excluding carboxylic acids is 2. The van der Waals surface area contributed by atoms with E-state index in [0.29, 0.717) is 28.3 Å². The Morgan fingerprint density at radius 2 is 1.74 bits per heavy atom. The van der Waals surface area contributed by atoms with Gasteiger partial charge < -0.3 is 10.6 Å². The van der Waals surface area contributed by atoms with Crippen LogP contribution in [-0.2, 0) is 0 Å². The third kappa shape index (κ3) is 4.32. The summed E-state index contributed by atoms with van der Waals surface area (Å²) in [4.78, 5) is 31.8. The minimum absolute atomic E-state index is 0.0418. The Bertz CT molecular complexity index is 1020. The highest BCUT2D eigenvalue weighted by atomic mass is 16.2. The van der Waals surface area contributed by atoms with E-state index in [1.807, 2.05) is 0 Å². The highest BCUT2D eigenvalue weighted by Crippen LogP contribution is 2.18. The summed E-state index contributed by atoms with van der Waals surface area (Å²) in [6, 6.07) is 15.7. The Labute approximate surface area is 155 Å². The Morgan fingerprint density at radius 3 is 2.37 bits per heavy atom. The van der Waals surface area contributed by atoms with Gasteiger partial charge in [0.1, 0.15) is 17.6 Å². The van der Waals surface area contributed by atoms with Crippen LogP contribution in [0.2, 0.25) is 0 Å². The lowest BCUT2D eigenvalue weighted by Gasteiger charge is -2.08. The molecule has 1 heterocycles. The fourth-order valence-electron chi connectivity index (χ4n) is 2.32. The van der Waals surface area contributed by atoms with Crippen molar-refractivity contribution in [3.63, 3.8) is 0 Å². The average Bonchev–Trinajstić information content (AvgIpc) is 2.69. The minimum atomic E-state index is -0.415. The number of nitrogens with zero attached hydrogens (tertiary/aromatic N) is 3. The van der Waals surface area contributed by atoms with Gasteiger partial charge in [0.25, 0.3) is 5.91 Å². The molecule has 0 radical (unpaired) electrons. The summed E-state index contributed by atoms with van der Waals surface area (Å²) in [5.41, 5.74) is 2.36. The lowest BCUT2D eigenvalue weighted by Crippen LogP contribution is -2.14. The molecule has 0 fully saturated rings. The van der Waals surface area contributed by atoms with E-state index < -0.39 is 5.91 Å². The molecule has 0 unspecified atom stereocenters. The van der Waals surface area contributed by atoms with Crippen molar-refractivity contribution in [1.29, 1.82) is 5.26 Å². The molecular weight excluding hydrogens is 342 g/mol. The Hall–Kier alpha value is -4.05. The van der Waals surface area contributed by atoms with Crippen molar-refractivity contribution < 1.29 is 9.59 Å². The van der Waals surface area contributed by atoms with Crippen LogP contribution >= 0.6 is 0 Å². The molecule has 0 spiro atoms. The number of carbonyl (C=O) groups is 2. The maximum absolute atomic E-state index is 12.3. The van der Waals surface area contributed by atoms with E-state index in [1.54, 1.807) is 48.5 Å². The zero-order valence-corrected chi connectivity index (χ0v) is 14.4. The summed E-state index contributed by atoms with van der Waals surface area (Å²) in [6.45, 7) is 1.48. The number of para-hydroxylation sites is 1. The molecule has 132 valence electrons. The standard InChI is InChI=1S/C20H15N5O2/c1-13(26)14-6-8-16(9-7-14)24-20(27)18-11-23-19(12-22-18)25-17-5-3-2-4-15(17)10-21/h2-9,11-12H,1H3,(H,23,25)(H,24,27). The molecule has 2 aromatic carbocycles. The summed E-state index contributed by atoms with van der Waals surface area (Å²) in [7, 11) is 0. The fraction of sp³-hybridized carbons (Fsp3) is 0.0500. The summed E-state index contributed by atoms with van der Waals surface area (Å²) in [5.74, 6) is -0.0399. The van der Waals surface area contributed by atoms with Gasteiger partial charge in [-0.3, -0.25) is 9.59 Å². The number of rotatable bonds is 5. The first kappa shape index (κ1) is 17.8. The van der Waals surface area contributed by atoms with Crippen LogP contribution in [0.15, 0.2) is 60.9 Å². The van der Waals surface area contributed by atoms with Gasteiger partial charge in [0.15, 0.2) is 5.78 Å². The van der Waals surface area contributed by atoms with Gasteiger partial charge in [-0.2, -0.15) is 5.26 Å². The SMILES string of the molecule is CC(=O)c1ccc(NC(=O)c2cnc(Nc3ccccc3C#N)cn2)cc1. The van der Waals surface area contributed by atoms with Crippen LogP contribution in [0.3, 0.4) is 0 Å². The second-order valence-electron chi connectivity index (χ2n) is 5.66. The monoisotopic (exact) mass is 357 g/mol. The molecule has 2 N–H and O–H groups in total. The number of Topliss-reactive ketones (excluding diaryl/α,β-unsaturated/α-hetero) is 1. The zero-order valence-electron chi connectivity index (χ0n) is 14.4. The number of benzene rings is 2. The van der Waals surface area contributed by atoms with Gasteiger partial charge in [0.2, 0.25) is 0 Å². The first-order valence-corrected chi connectivity index (χ1v) is 8.07. The highest BCUT2D eigenvalue weighted by Gasteiger charge is 2.10. The number of aromatic nitrogens is 2. The Morgan fingerprint density at radius 1 is 1.00 bits per heavy atom. The molecule has 3 rings (SSSR count). The van der Waals surface area contributed by atoms with E-state index in [4.69, 9.17) is 5.26 Å². The van der Waals surface area contributed by atoms with E-state index >= 15 is 0 Å². The van der Waals surface area contributed by atoms with Crippen molar-refractivity contribution in [1.82, 2.24) is 9.97 Å². The summed E-state index contributed by atoms with van der Waals surface area (Å²) in [6.07, 6.45) is 2.76. The highest BCUT2D eigenvalue weighted by molar-refractivity contribution is 6.03. The smallest absolute Gasteiger partial charge is 0.275 e. The van der Waals surface area contributed by atoms with Gasteiger partial charge in [-0.25, -0.2) is 9.97 Å². The van der Waals surface area contributed by atoms with Crippen LogP contribution < -0.4 is 10.6 Å². The number of hydrogen-bond donors (Lipinski definition) is 2. The first-order valence-electron chi connectivity index (χ1n) is 8.07. The van der Waals surface area contributed by atoms with Crippen LogP contribution in [-0.4, -0.2) is 21.7 Å². The number of anilines is 3. The zero-order chi connectivity index (χ0) is 19.2. The Kier molecular flexibility index (Phi) is 5.19. The van der Waals surface area contributed by atoms with Gasteiger partial charge >= 0.3 is 0 Å². The molecule has 7 nitrogen and oxygen atoms in total. The Balaban J connectivity index is 1.68. The van der Waals surface area contributed by atoms with Crippen LogP contribution in [0, 0.1) is 11.3 Å². The predicted molar refractivity (Wildman–Crippen MR) is 101 cm³/mol. The molecule has 3 aromatic rings. The largest absolute Gasteiger partial charge is 0.338 e. The lowest BCUT2D eigenvalue weighted by atomic mass is 10.1. The second-order valence-corrected chi connectivity index (χ2v) is 5.66. The van der Waals surface area contributed by atoms with Crippen LogP contribution in [0.1, 0.15) is 33.3 Å². The predicted octanol–water partition coefficient (Wildman–Crippen LogP) is 3.55. The summed E-state index contributed by atoms with van der Waals surface area (Å²) in [5, 5.41) is 14.8. The third-order valence-electron chi connectivity index (χ3n) is 3.74. The molecule has 0 aliphatic carbocycles. The molecular formula is C20H15N5O2. The average molecular weight is 357 g/mol. The van der Waals surface area contributed by atoms with Crippen molar-refractivity contribution >= 4 is 28.9 Å². The summed E-state index contributed by atoms with van der Waals surface area (Å²) < 4.78 is 0. The van der Waals surface area contributed by atoms with Gasteiger partial charge in [0, 0.05) is 11.3 Å². The number of ketones is 1. The van der Waals surface area contributed by atoms with Gasteiger partial charge in [-0.1, -0.05) is 12.1 Å². The number of amides is 1. The molecule has 0 saturated heterocycles. The van der Waals surface area contributed by atoms with E-state index in [2.05, 4.69) is 26.7 Å². The topological polar surface area (TPSA) is 108 Å². The molecule has 1 amide bonds. The fourth-order valence-corrected chi connectivity index (χ4v) is 2.32. The van der Waals surface area contributed by atoms with Crippen molar-refractivity contribution in [2.24, 2.45) is 0 Å². The number of nitrogens with one attached hydrogen (secondary N) is 2. The number of nitriles is 1. The van der Waals surface area contributed by atoms with E-state index in [0.717, 1.165) is 0 Å². The molecule has 27 heavy (non-hydrogen) atoms. The molecule has 0 aliphatic heterocycles. The van der Waals surface area contributed by atoms with Crippen LogP contribution in [0.25, 0.3) is 0 Å². The molecule has 0 aliphatic rings. The third-order valence-corrected chi connectivity index (χ3v) is 3.74. The van der Waals surface area contributed by atoms with E-state index in [-0.39, 0.29) is 11.5 Å². The quantitative estimate of drug-likeness (QED) is 0.676.